The Bertz CT molecular complexity index is 780. The highest BCUT2D eigenvalue weighted by Crippen LogP contribution is 2.31. The van der Waals surface area contributed by atoms with Crippen LogP contribution in [-0.4, -0.2) is 61.8 Å². The van der Waals surface area contributed by atoms with E-state index in [1.807, 2.05) is 12.1 Å². The van der Waals surface area contributed by atoms with Gasteiger partial charge < -0.3 is 28.4 Å². The van der Waals surface area contributed by atoms with Crippen LogP contribution in [0.4, 0.5) is 0 Å². The third kappa shape index (κ3) is 7.78. The van der Waals surface area contributed by atoms with Crippen LogP contribution in [0.3, 0.4) is 0 Å². The Balaban J connectivity index is 2.40. The summed E-state index contributed by atoms with van der Waals surface area (Å²) in [7, 11) is 0. The molecule has 0 radical (unpaired) electrons. The summed E-state index contributed by atoms with van der Waals surface area (Å²) in [5.41, 5.74) is 0. The summed E-state index contributed by atoms with van der Waals surface area (Å²) in [5, 5.41) is 0. The molecule has 1 aromatic rings. The second-order valence-corrected chi connectivity index (χ2v) is 7.90. The maximum atomic E-state index is 11.8. The molecule has 0 bridgehead atoms. The average Bonchev–Trinajstić information content (AvgIpc) is 2.69. The van der Waals surface area contributed by atoms with Gasteiger partial charge in [0, 0.05) is 24.3 Å². The SMILES string of the molecule is C=CCO[C@@H]1[C@@H](OC(C)=O)[C@H](Oc2ccc(I)cc2)O[C@H](COC(C)=O)[C@H]1OC(C)=O. The van der Waals surface area contributed by atoms with Crippen molar-refractivity contribution in [1.82, 2.24) is 0 Å². The van der Waals surface area contributed by atoms with Crippen LogP contribution >= 0.6 is 22.6 Å². The van der Waals surface area contributed by atoms with Crippen LogP contribution in [0, 0.1) is 3.57 Å². The summed E-state index contributed by atoms with van der Waals surface area (Å²) in [6.45, 7) is 7.18. The van der Waals surface area contributed by atoms with E-state index in [4.69, 9.17) is 28.4 Å². The molecule has 10 heteroatoms. The first kappa shape index (κ1) is 25.1. The van der Waals surface area contributed by atoms with Gasteiger partial charge in [-0.05, 0) is 46.9 Å². The molecule has 1 aromatic carbocycles. The van der Waals surface area contributed by atoms with Gasteiger partial charge in [0.2, 0.25) is 6.29 Å². The van der Waals surface area contributed by atoms with Crippen LogP contribution in [0.2, 0.25) is 0 Å². The van der Waals surface area contributed by atoms with Crippen LogP contribution in [0.5, 0.6) is 5.75 Å². The van der Waals surface area contributed by atoms with E-state index in [0.717, 1.165) is 3.57 Å². The lowest BCUT2D eigenvalue weighted by Gasteiger charge is -2.44. The van der Waals surface area contributed by atoms with Crippen LogP contribution in [0.1, 0.15) is 20.8 Å². The van der Waals surface area contributed by atoms with E-state index in [9.17, 15) is 14.4 Å². The first-order chi connectivity index (χ1) is 14.7. The molecule has 9 nitrogen and oxygen atoms in total. The van der Waals surface area contributed by atoms with Gasteiger partial charge in [-0.25, -0.2) is 0 Å². The maximum Gasteiger partial charge on any atom is 0.303 e. The fourth-order valence-electron chi connectivity index (χ4n) is 2.97. The minimum atomic E-state index is -1.12. The van der Waals surface area contributed by atoms with Gasteiger partial charge in [-0.15, -0.1) is 6.58 Å². The number of rotatable bonds is 9. The van der Waals surface area contributed by atoms with Crippen LogP contribution < -0.4 is 4.74 Å². The highest BCUT2D eigenvalue weighted by molar-refractivity contribution is 14.1. The molecule has 0 amide bonds. The van der Waals surface area contributed by atoms with Crippen molar-refractivity contribution in [2.45, 2.75) is 51.5 Å². The molecule has 0 aromatic heterocycles. The van der Waals surface area contributed by atoms with E-state index in [-0.39, 0.29) is 13.2 Å². The van der Waals surface area contributed by atoms with Crippen molar-refractivity contribution in [3.63, 3.8) is 0 Å². The number of esters is 3. The van der Waals surface area contributed by atoms with Gasteiger partial charge >= 0.3 is 17.9 Å². The predicted molar refractivity (Wildman–Crippen MR) is 116 cm³/mol. The molecule has 0 N–H and O–H groups in total. The third-order valence-corrected chi connectivity index (χ3v) is 4.84. The summed E-state index contributed by atoms with van der Waals surface area (Å²) in [4.78, 5) is 34.9. The Labute approximate surface area is 194 Å². The largest absolute Gasteiger partial charge is 0.463 e. The lowest BCUT2D eigenvalue weighted by atomic mass is 9.98. The molecule has 1 saturated heterocycles. The number of carbonyl (C=O) groups is 3. The fourth-order valence-corrected chi connectivity index (χ4v) is 3.33. The fraction of sp³-hybridized carbons (Fsp3) is 0.476. The van der Waals surface area contributed by atoms with Crippen molar-refractivity contribution in [1.29, 1.82) is 0 Å². The second-order valence-electron chi connectivity index (χ2n) is 6.65. The molecule has 1 aliphatic heterocycles. The normalized spacial score (nSPS) is 25.2. The lowest BCUT2D eigenvalue weighted by molar-refractivity contribution is -0.291. The molecule has 0 saturated carbocycles. The van der Waals surface area contributed by atoms with E-state index < -0.39 is 48.6 Å². The number of benzene rings is 1. The molecule has 1 aliphatic rings. The van der Waals surface area contributed by atoms with Crippen molar-refractivity contribution < 1.29 is 42.8 Å². The van der Waals surface area contributed by atoms with Crippen molar-refractivity contribution in [3.8, 4) is 5.75 Å². The van der Waals surface area contributed by atoms with Crippen LogP contribution in [0.15, 0.2) is 36.9 Å². The standard InChI is InChI=1S/C21H25IO9/c1-5-10-26-19-18(28-13(3)24)17(11-27-12(2)23)31-21(20(19)29-14(4)25)30-16-8-6-15(22)7-9-16/h5-9,17-21H,1,10-11H2,2-4H3/t17-,18-,19+,20-,21-/m1/s1. The molecular formula is C21H25IO9. The van der Waals surface area contributed by atoms with Gasteiger partial charge in [0.1, 0.15) is 24.6 Å². The number of carbonyl (C=O) groups excluding carboxylic acids is 3. The van der Waals surface area contributed by atoms with Gasteiger partial charge in [-0.3, -0.25) is 14.4 Å². The first-order valence-corrected chi connectivity index (χ1v) is 10.6. The number of ether oxygens (including phenoxy) is 6. The molecule has 1 fully saturated rings. The molecule has 2 rings (SSSR count). The average molecular weight is 548 g/mol. The Hall–Kier alpha value is -2.18. The Kier molecular flexibility index (Phi) is 9.72. The monoisotopic (exact) mass is 548 g/mol. The van der Waals surface area contributed by atoms with Crippen molar-refractivity contribution in [3.05, 3.63) is 40.5 Å². The molecule has 1 heterocycles. The van der Waals surface area contributed by atoms with Gasteiger partial charge in [0.05, 0.1) is 6.61 Å². The number of hydrogen-bond donors (Lipinski definition) is 0. The maximum absolute atomic E-state index is 11.8. The minimum Gasteiger partial charge on any atom is -0.463 e. The van der Waals surface area contributed by atoms with E-state index >= 15 is 0 Å². The van der Waals surface area contributed by atoms with E-state index in [2.05, 4.69) is 29.2 Å². The van der Waals surface area contributed by atoms with Gasteiger partial charge in [0.15, 0.2) is 12.2 Å². The predicted octanol–water partition coefficient (Wildman–Crippen LogP) is 2.39. The van der Waals surface area contributed by atoms with Gasteiger partial charge in [-0.1, -0.05) is 6.08 Å². The second kappa shape index (κ2) is 12.0. The first-order valence-electron chi connectivity index (χ1n) is 9.49. The highest BCUT2D eigenvalue weighted by Gasteiger charge is 2.52. The Morgan fingerprint density at radius 1 is 1.00 bits per heavy atom. The van der Waals surface area contributed by atoms with Crippen molar-refractivity contribution >= 4 is 40.5 Å². The minimum absolute atomic E-state index is 0.0801. The van der Waals surface area contributed by atoms with Crippen molar-refractivity contribution in [2.75, 3.05) is 13.2 Å². The molecular weight excluding hydrogens is 523 g/mol. The topological polar surface area (TPSA) is 107 Å². The Morgan fingerprint density at radius 2 is 1.61 bits per heavy atom. The van der Waals surface area contributed by atoms with E-state index in [0.29, 0.717) is 5.75 Å². The number of halogens is 1. The van der Waals surface area contributed by atoms with Crippen molar-refractivity contribution in [2.24, 2.45) is 0 Å². The summed E-state index contributed by atoms with van der Waals surface area (Å²) in [6, 6.07) is 7.14. The Morgan fingerprint density at radius 3 is 2.16 bits per heavy atom. The molecule has 0 unspecified atom stereocenters. The summed E-state index contributed by atoms with van der Waals surface area (Å²) in [5.74, 6) is -1.28. The summed E-state index contributed by atoms with van der Waals surface area (Å²) >= 11 is 2.16. The lowest BCUT2D eigenvalue weighted by Crippen LogP contribution is -2.63. The van der Waals surface area contributed by atoms with Gasteiger partial charge in [-0.2, -0.15) is 0 Å². The highest BCUT2D eigenvalue weighted by atomic mass is 127. The van der Waals surface area contributed by atoms with Crippen LogP contribution in [0.25, 0.3) is 0 Å². The zero-order valence-corrected chi connectivity index (χ0v) is 19.6. The van der Waals surface area contributed by atoms with Gasteiger partial charge in [0.25, 0.3) is 0 Å². The van der Waals surface area contributed by atoms with E-state index in [1.165, 1.54) is 26.8 Å². The molecule has 170 valence electrons. The summed E-state index contributed by atoms with van der Waals surface area (Å²) in [6.07, 6.45) is -3.61. The smallest absolute Gasteiger partial charge is 0.303 e. The zero-order valence-electron chi connectivity index (χ0n) is 17.4. The molecule has 0 aliphatic carbocycles. The third-order valence-electron chi connectivity index (χ3n) is 4.12. The van der Waals surface area contributed by atoms with Crippen LogP contribution in [-0.2, 0) is 38.1 Å². The molecule has 5 atom stereocenters. The van der Waals surface area contributed by atoms with E-state index in [1.54, 1.807) is 12.1 Å². The zero-order chi connectivity index (χ0) is 23.0. The molecule has 31 heavy (non-hydrogen) atoms. The summed E-state index contributed by atoms with van der Waals surface area (Å²) < 4.78 is 34.6. The quantitative estimate of drug-likeness (QED) is 0.199. The number of hydrogen-bond acceptors (Lipinski definition) is 9. The molecule has 0 spiro atoms.